The summed E-state index contributed by atoms with van der Waals surface area (Å²) in [6.07, 6.45) is 0.554. The van der Waals surface area contributed by atoms with Crippen LogP contribution in [0.5, 0.6) is 5.75 Å². The van der Waals surface area contributed by atoms with E-state index in [0.29, 0.717) is 19.0 Å². The molecule has 1 aromatic carbocycles. The first-order valence-electron chi connectivity index (χ1n) is 10.3. The summed E-state index contributed by atoms with van der Waals surface area (Å²) in [4.78, 5) is 0. The van der Waals surface area contributed by atoms with Gasteiger partial charge < -0.3 is 13.6 Å². The summed E-state index contributed by atoms with van der Waals surface area (Å²) in [6.45, 7) is 23.5. The Morgan fingerprint density at radius 2 is 1.43 bits per heavy atom. The molecule has 0 fully saturated rings. The number of hydrogen-bond acceptors (Lipinski definition) is 3. The molecule has 0 aliphatic carbocycles. The third kappa shape index (κ3) is 7.61. The SMILES string of the molecule is CC(C)(C)[Si](C)(C)OCC[C@H](CO[Si](C)(C)C(C)(C)C)Oc1cccc(F)c1. The Labute approximate surface area is 174 Å². The number of rotatable bonds is 9. The number of hydrogen-bond donors (Lipinski definition) is 0. The van der Waals surface area contributed by atoms with Crippen molar-refractivity contribution in [1.29, 1.82) is 0 Å². The summed E-state index contributed by atoms with van der Waals surface area (Å²) in [5.74, 6) is 0.246. The maximum atomic E-state index is 13.6. The van der Waals surface area contributed by atoms with Crippen LogP contribution in [0.1, 0.15) is 48.0 Å². The van der Waals surface area contributed by atoms with Crippen LogP contribution in [0.2, 0.25) is 36.3 Å². The fourth-order valence-electron chi connectivity index (χ4n) is 2.09. The molecule has 0 spiro atoms. The smallest absolute Gasteiger partial charge is 0.192 e. The topological polar surface area (TPSA) is 27.7 Å². The lowest BCUT2D eigenvalue weighted by molar-refractivity contribution is 0.0959. The second-order valence-electron chi connectivity index (χ2n) is 10.7. The fourth-order valence-corrected chi connectivity index (χ4v) is 4.19. The van der Waals surface area contributed by atoms with Crippen LogP contribution >= 0.6 is 0 Å². The molecule has 0 aromatic heterocycles. The summed E-state index contributed by atoms with van der Waals surface area (Å²) in [6, 6.07) is 6.31. The third-order valence-electron chi connectivity index (χ3n) is 6.24. The minimum atomic E-state index is -1.89. The average Bonchev–Trinajstić information content (AvgIpc) is 2.50. The maximum Gasteiger partial charge on any atom is 0.192 e. The van der Waals surface area contributed by atoms with Gasteiger partial charge in [-0.25, -0.2) is 4.39 Å². The van der Waals surface area contributed by atoms with Crippen LogP contribution < -0.4 is 4.74 Å². The van der Waals surface area contributed by atoms with Gasteiger partial charge in [0.15, 0.2) is 16.6 Å². The zero-order valence-corrected chi connectivity index (χ0v) is 21.6. The van der Waals surface area contributed by atoms with Crippen molar-refractivity contribution >= 4 is 16.6 Å². The summed E-state index contributed by atoms with van der Waals surface area (Å²) in [5, 5.41) is 0.303. The van der Waals surface area contributed by atoms with Crippen molar-refractivity contribution in [2.45, 2.75) is 90.3 Å². The summed E-state index contributed by atoms with van der Waals surface area (Å²) in [5.41, 5.74) is 0. The highest BCUT2D eigenvalue weighted by Gasteiger charge is 2.39. The lowest BCUT2D eigenvalue weighted by atomic mass is 10.2. The Hall–Kier alpha value is -0.696. The van der Waals surface area contributed by atoms with Gasteiger partial charge in [0.1, 0.15) is 17.7 Å². The van der Waals surface area contributed by atoms with Crippen LogP contribution in [-0.4, -0.2) is 36.0 Å². The molecule has 0 aliphatic rings. The van der Waals surface area contributed by atoms with Gasteiger partial charge in [-0.15, -0.1) is 0 Å². The standard InChI is InChI=1S/C22H41FO3Si2/c1-21(2,3)27(7,8)24-15-14-20(17-25-28(9,10)22(4,5)6)26-19-13-11-12-18(23)16-19/h11-13,16,20H,14-15,17H2,1-10H3/t20-/m1/s1. The maximum absolute atomic E-state index is 13.6. The van der Waals surface area contributed by atoms with Gasteiger partial charge in [-0.3, -0.25) is 0 Å². The van der Waals surface area contributed by atoms with E-state index >= 15 is 0 Å². The van der Waals surface area contributed by atoms with Crippen LogP contribution in [0, 0.1) is 5.82 Å². The molecule has 1 atom stereocenters. The summed E-state index contributed by atoms with van der Waals surface area (Å²) in [7, 11) is -3.70. The van der Waals surface area contributed by atoms with E-state index in [2.05, 4.69) is 67.7 Å². The Morgan fingerprint density at radius 1 is 0.893 bits per heavy atom. The highest BCUT2D eigenvalue weighted by atomic mass is 28.4. The highest BCUT2D eigenvalue weighted by molar-refractivity contribution is 6.74. The van der Waals surface area contributed by atoms with Gasteiger partial charge >= 0.3 is 0 Å². The molecule has 6 heteroatoms. The van der Waals surface area contributed by atoms with Crippen LogP contribution in [0.25, 0.3) is 0 Å². The van der Waals surface area contributed by atoms with Crippen LogP contribution in [0.4, 0.5) is 4.39 Å². The minimum Gasteiger partial charge on any atom is -0.488 e. The molecule has 0 bridgehead atoms. The van der Waals surface area contributed by atoms with E-state index in [1.807, 2.05) is 0 Å². The molecule has 0 unspecified atom stereocenters. The van der Waals surface area contributed by atoms with Crippen LogP contribution in [0.15, 0.2) is 24.3 Å². The predicted octanol–water partition coefficient (Wildman–Crippen LogP) is 7.01. The van der Waals surface area contributed by atoms with E-state index in [1.54, 1.807) is 12.1 Å². The molecule has 0 amide bonds. The largest absolute Gasteiger partial charge is 0.488 e. The van der Waals surface area contributed by atoms with E-state index in [-0.39, 0.29) is 22.0 Å². The first-order valence-corrected chi connectivity index (χ1v) is 16.1. The second-order valence-corrected chi connectivity index (χ2v) is 20.3. The molecule has 162 valence electrons. The van der Waals surface area contributed by atoms with E-state index in [1.165, 1.54) is 12.1 Å². The molecule has 0 aliphatic heterocycles. The van der Waals surface area contributed by atoms with Crippen molar-refractivity contribution in [2.75, 3.05) is 13.2 Å². The minimum absolute atomic E-state index is 0.133. The first-order chi connectivity index (χ1) is 12.6. The molecular formula is C22H41FO3Si2. The van der Waals surface area contributed by atoms with Crippen molar-refractivity contribution < 1.29 is 18.0 Å². The molecule has 3 nitrogen and oxygen atoms in total. The van der Waals surface area contributed by atoms with Gasteiger partial charge in [-0.1, -0.05) is 47.6 Å². The first kappa shape index (κ1) is 25.3. The summed E-state index contributed by atoms with van der Waals surface area (Å²) < 4.78 is 32.4. The Morgan fingerprint density at radius 3 is 1.93 bits per heavy atom. The van der Waals surface area contributed by atoms with E-state index in [9.17, 15) is 4.39 Å². The third-order valence-corrected chi connectivity index (χ3v) is 15.3. The average molecular weight is 429 g/mol. The molecule has 0 heterocycles. The predicted molar refractivity (Wildman–Crippen MR) is 122 cm³/mol. The molecular weight excluding hydrogens is 387 g/mol. The molecule has 1 aromatic rings. The second kappa shape index (κ2) is 9.41. The Balaban J connectivity index is 2.80. The van der Waals surface area contributed by atoms with Crippen molar-refractivity contribution in [2.24, 2.45) is 0 Å². The Bertz CT molecular complexity index is 619. The number of halogens is 1. The lowest BCUT2D eigenvalue weighted by Gasteiger charge is -2.38. The Kier molecular flexibility index (Phi) is 8.52. The van der Waals surface area contributed by atoms with Crippen molar-refractivity contribution in [3.63, 3.8) is 0 Å². The van der Waals surface area contributed by atoms with Gasteiger partial charge in [-0.2, -0.15) is 0 Å². The van der Waals surface area contributed by atoms with Crippen LogP contribution in [0.3, 0.4) is 0 Å². The van der Waals surface area contributed by atoms with Gasteiger partial charge in [0, 0.05) is 19.1 Å². The molecule has 0 saturated heterocycles. The quantitative estimate of drug-likeness (QED) is 0.396. The van der Waals surface area contributed by atoms with Gasteiger partial charge in [0.05, 0.1) is 6.61 Å². The van der Waals surface area contributed by atoms with E-state index < -0.39 is 16.6 Å². The molecule has 1 rings (SSSR count). The molecule has 28 heavy (non-hydrogen) atoms. The van der Waals surface area contributed by atoms with E-state index in [0.717, 1.165) is 6.42 Å². The van der Waals surface area contributed by atoms with Crippen molar-refractivity contribution in [3.05, 3.63) is 30.1 Å². The number of ether oxygens (including phenoxy) is 1. The molecule has 0 saturated carbocycles. The van der Waals surface area contributed by atoms with Crippen molar-refractivity contribution in [3.8, 4) is 5.75 Å². The fraction of sp³-hybridized carbons (Fsp3) is 0.727. The number of benzene rings is 1. The van der Waals surface area contributed by atoms with Crippen molar-refractivity contribution in [1.82, 2.24) is 0 Å². The normalized spacial score (nSPS) is 14.8. The highest BCUT2D eigenvalue weighted by Crippen LogP contribution is 2.38. The van der Waals surface area contributed by atoms with Gasteiger partial charge in [-0.05, 0) is 48.4 Å². The molecule has 0 radical (unpaired) electrons. The van der Waals surface area contributed by atoms with Crippen LogP contribution in [-0.2, 0) is 8.85 Å². The zero-order valence-electron chi connectivity index (χ0n) is 19.6. The van der Waals surface area contributed by atoms with Gasteiger partial charge in [0.25, 0.3) is 0 Å². The summed E-state index contributed by atoms with van der Waals surface area (Å²) >= 11 is 0. The monoisotopic (exact) mass is 428 g/mol. The van der Waals surface area contributed by atoms with E-state index in [4.69, 9.17) is 13.6 Å². The van der Waals surface area contributed by atoms with Gasteiger partial charge in [0.2, 0.25) is 0 Å². The lowest BCUT2D eigenvalue weighted by Crippen LogP contribution is -2.44. The zero-order chi connectivity index (χ0) is 21.8. The molecule has 0 N–H and O–H groups in total.